The summed E-state index contributed by atoms with van der Waals surface area (Å²) < 4.78 is 11.1. The van der Waals surface area contributed by atoms with Gasteiger partial charge in [0.1, 0.15) is 5.75 Å². The third-order valence-corrected chi connectivity index (χ3v) is 3.88. The number of hydrogen-bond donors (Lipinski definition) is 2. The Balaban J connectivity index is 2.95. The Morgan fingerprint density at radius 2 is 1.64 bits per heavy atom. The number of aliphatic hydroxyl groups is 2. The van der Waals surface area contributed by atoms with E-state index in [9.17, 15) is 10.2 Å². The molecule has 123 valence electrons. The van der Waals surface area contributed by atoms with Crippen molar-refractivity contribution >= 4 is 12.9 Å². The first kappa shape index (κ1) is 19.0. The highest BCUT2D eigenvalue weighted by Gasteiger charge is 2.36. The molecule has 0 bridgehead atoms. The summed E-state index contributed by atoms with van der Waals surface area (Å²) >= 11 is 0. The van der Waals surface area contributed by atoms with Crippen LogP contribution in [-0.4, -0.2) is 41.6 Å². The fraction of sp³-hybridized carbons (Fsp3) is 0.647. The van der Waals surface area contributed by atoms with Crippen molar-refractivity contribution in [2.45, 2.75) is 64.8 Å². The predicted molar refractivity (Wildman–Crippen MR) is 89.8 cm³/mol. The van der Waals surface area contributed by atoms with Gasteiger partial charge in [0, 0.05) is 6.42 Å². The number of rotatable bonds is 7. The fourth-order valence-electron chi connectivity index (χ4n) is 1.84. The molecule has 1 radical (unpaired) electrons. The zero-order valence-electron chi connectivity index (χ0n) is 14.7. The molecule has 5 heteroatoms. The molecule has 0 aliphatic heterocycles. The molecule has 0 spiro atoms. The molecule has 0 aliphatic carbocycles. The first-order valence-electron chi connectivity index (χ1n) is 7.48. The topological polar surface area (TPSA) is 58.9 Å². The molecule has 4 nitrogen and oxygen atoms in total. The SMILES string of the molecule is COc1ccc(CC(C)(C)O)cc1[B]OC(C)(C)C(C)(C)O. The van der Waals surface area contributed by atoms with Gasteiger partial charge in [-0.15, -0.1) is 0 Å². The molecule has 22 heavy (non-hydrogen) atoms. The van der Waals surface area contributed by atoms with Gasteiger partial charge in [-0.05, 0) is 58.6 Å². The zero-order valence-corrected chi connectivity index (χ0v) is 14.7. The van der Waals surface area contributed by atoms with Crippen molar-refractivity contribution in [1.29, 1.82) is 0 Å². The summed E-state index contributed by atoms with van der Waals surface area (Å²) in [5, 5.41) is 20.1. The fourth-order valence-corrected chi connectivity index (χ4v) is 1.84. The largest absolute Gasteiger partial charge is 0.497 e. The Bertz CT molecular complexity index is 498. The van der Waals surface area contributed by atoms with Crippen molar-refractivity contribution in [1.82, 2.24) is 0 Å². The number of methoxy groups -OCH3 is 1. The van der Waals surface area contributed by atoms with Crippen LogP contribution in [0.25, 0.3) is 0 Å². The van der Waals surface area contributed by atoms with Gasteiger partial charge in [-0.2, -0.15) is 0 Å². The molecule has 0 amide bonds. The second-order valence-corrected chi connectivity index (χ2v) is 7.37. The summed E-state index contributed by atoms with van der Waals surface area (Å²) in [6.07, 6.45) is 0.534. The standard InChI is InChI=1S/C17H28BO4/c1-15(2,19)11-12-8-9-14(21-7)13(10-12)18-22-17(5,6)16(3,4)20/h8-10,19-20H,11H2,1-7H3. The summed E-state index contributed by atoms with van der Waals surface area (Å²) in [5.41, 5.74) is -0.740. The summed E-state index contributed by atoms with van der Waals surface area (Å²) in [5.74, 6) is 0.686. The Morgan fingerprint density at radius 1 is 1.05 bits per heavy atom. The maximum atomic E-state index is 10.1. The quantitative estimate of drug-likeness (QED) is 0.755. The highest BCUT2D eigenvalue weighted by atomic mass is 16.5. The molecule has 0 atom stereocenters. The normalized spacial score (nSPS) is 13.1. The van der Waals surface area contributed by atoms with Crippen LogP contribution in [0.2, 0.25) is 0 Å². The molecule has 0 saturated heterocycles. The predicted octanol–water partition coefficient (Wildman–Crippen LogP) is 1.82. The van der Waals surface area contributed by atoms with Crippen LogP contribution in [0.4, 0.5) is 0 Å². The average molecular weight is 307 g/mol. The van der Waals surface area contributed by atoms with E-state index in [4.69, 9.17) is 9.39 Å². The minimum absolute atomic E-state index is 0.534. The van der Waals surface area contributed by atoms with Crippen molar-refractivity contribution in [3.05, 3.63) is 23.8 Å². The summed E-state index contributed by atoms with van der Waals surface area (Å²) in [7, 11) is 3.20. The molecule has 1 aromatic rings. The average Bonchev–Trinajstić information content (AvgIpc) is 2.33. The van der Waals surface area contributed by atoms with Crippen molar-refractivity contribution in [2.24, 2.45) is 0 Å². The van der Waals surface area contributed by atoms with Crippen LogP contribution in [0.1, 0.15) is 47.1 Å². The second-order valence-electron chi connectivity index (χ2n) is 7.37. The Labute approximate surface area is 134 Å². The van der Waals surface area contributed by atoms with E-state index in [-0.39, 0.29) is 0 Å². The van der Waals surface area contributed by atoms with Crippen molar-refractivity contribution in [3.63, 3.8) is 0 Å². The van der Waals surface area contributed by atoms with Crippen LogP contribution in [0.15, 0.2) is 18.2 Å². The van der Waals surface area contributed by atoms with E-state index >= 15 is 0 Å². The highest BCUT2D eigenvalue weighted by molar-refractivity contribution is 6.48. The Hall–Kier alpha value is -1.04. The molecule has 0 aliphatic rings. The van der Waals surface area contributed by atoms with E-state index in [1.54, 1.807) is 42.3 Å². The lowest BCUT2D eigenvalue weighted by Crippen LogP contribution is -2.49. The maximum absolute atomic E-state index is 10.1. The molecule has 1 aromatic carbocycles. The van der Waals surface area contributed by atoms with E-state index in [0.717, 1.165) is 11.0 Å². The smallest absolute Gasteiger partial charge is 0.334 e. The van der Waals surface area contributed by atoms with E-state index in [2.05, 4.69) is 0 Å². The third-order valence-electron chi connectivity index (χ3n) is 3.88. The lowest BCUT2D eigenvalue weighted by molar-refractivity contribution is -0.0893. The lowest BCUT2D eigenvalue weighted by atomic mass is 9.81. The van der Waals surface area contributed by atoms with Crippen molar-refractivity contribution in [2.75, 3.05) is 7.11 Å². The van der Waals surface area contributed by atoms with Gasteiger partial charge >= 0.3 is 7.48 Å². The van der Waals surface area contributed by atoms with E-state index in [0.29, 0.717) is 12.2 Å². The van der Waals surface area contributed by atoms with Crippen molar-refractivity contribution in [3.8, 4) is 5.75 Å². The minimum atomic E-state index is -0.985. The Kier molecular flexibility index (Phi) is 5.71. The van der Waals surface area contributed by atoms with Crippen LogP contribution in [0.5, 0.6) is 5.75 Å². The van der Waals surface area contributed by atoms with E-state index < -0.39 is 16.8 Å². The zero-order chi connectivity index (χ0) is 17.2. The number of ether oxygens (including phenoxy) is 1. The first-order valence-corrected chi connectivity index (χ1v) is 7.48. The maximum Gasteiger partial charge on any atom is 0.334 e. The van der Waals surface area contributed by atoms with E-state index in [1.165, 1.54) is 0 Å². The summed E-state index contributed by atoms with van der Waals surface area (Å²) in [6.45, 7) is 10.6. The highest BCUT2D eigenvalue weighted by Crippen LogP contribution is 2.24. The monoisotopic (exact) mass is 307 g/mol. The van der Waals surface area contributed by atoms with Crippen molar-refractivity contribution < 1.29 is 19.6 Å². The Morgan fingerprint density at radius 3 is 2.09 bits per heavy atom. The number of hydrogen-bond acceptors (Lipinski definition) is 4. The molecule has 0 fully saturated rings. The number of benzene rings is 1. The molecule has 0 saturated carbocycles. The molecule has 0 aromatic heterocycles. The van der Waals surface area contributed by atoms with Crippen LogP contribution in [0, 0.1) is 0 Å². The minimum Gasteiger partial charge on any atom is -0.497 e. The molecule has 0 heterocycles. The molecule has 2 N–H and O–H groups in total. The summed E-state index contributed by atoms with van der Waals surface area (Å²) in [4.78, 5) is 0. The van der Waals surface area contributed by atoms with Crippen LogP contribution >= 0.6 is 0 Å². The van der Waals surface area contributed by atoms with Gasteiger partial charge in [-0.1, -0.05) is 12.1 Å². The van der Waals surface area contributed by atoms with Gasteiger partial charge < -0.3 is 19.6 Å². The van der Waals surface area contributed by atoms with Gasteiger partial charge in [0.15, 0.2) is 0 Å². The third kappa shape index (κ3) is 5.31. The van der Waals surface area contributed by atoms with Crippen LogP contribution < -0.4 is 10.2 Å². The van der Waals surface area contributed by atoms with Crippen LogP contribution in [-0.2, 0) is 11.1 Å². The van der Waals surface area contributed by atoms with E-state index in [1.807, 2.05) is 32.0 Å². The van der Waals surface area contributed by atoms with Gasteiger partial charge in [0.05, 0.1) is 23.9 Å². The van der Waals surface area contributed by atoms with Crippen LogP contribution in [0.3, 0.4) is 0 Å². The molecular formula is C17H28BO4. The van der Waals surface area contributed by atoms with Gasteiger partial charge in [0.25, 0.3) is 0 Å². The molecule has 0 unspecified atom stereocenters. The van der Waals surface area contributed by atoms with Gasteiger partial charge in [0.2, 0.25) is 0 Å². The lowest BCUT2D eigenvalue weighted by Gasteiger charge is -2.37. The van der Waals surface area contributed by atoms with Gasteiger partial charge in [-0.25, -0.2) is 0 Å². The molecule has 1 rings (SSSR count). The first-order chi connectivity index (χ1) is 9.86. The second kappa shape index (κ2) is 6.61. The molecular weight excluding hydrogens is 279 g/mol. The van der Waals surface area contributed by atoms with Gasteiger partial charge in [-0.3, -0.25) is 0 Å². The summed E-state index contributed by atoms with van der Waals surface area (Å²) in [6, 6.07) is 5.71.